The molecular weight excluding hydrogens is 272 g/mol. The first-order valence-electron chi connectivity index (χ1n) is 6.27. The Bertz CT molecular complexity index is 580. The van der Waals surface area contributed by atoms with Crippen molar-refractivity contribution in [1.29, 1.82) is 0 Å². The summed E-state index contributed by atoms with van der Waals surface area (Å²) in [6, 6.07) is 8.63. The molecule has 0 spiro atoms. The fourth-order valence-electron chi connectivity index (χ4n) is 1.66. The third-order valence-corrected chi connectivity index (χ3v) is 2.72. The van der Waals surface area contributed by atoms with Crippen LogP contribution in [0.5, 0.6) is 11.5 Å². The van der Waals surface area contributed by atoms with Crippen LogP contribution in [0.2, 0.25) is 0 Å². The Kier molecular flexibility index (Phi) is 4.98. The number of benzene rings is 1. The summed E-state index contributed by atoms with van der Waals surface area (Å²) in [5, 5.41) is 2.62. The molecule has 1 heterocycles. The normalized spacial score (nSPS) is 9.81. The lowest BCUT2D eigenvalue weighted by Crippen LogP contribution is -2.13. The van der Waals surface area contributed by atoms with Crippen LogP contribution in [0.25, 0.3) is 0 Å². The number of carbonyl (C=O) groups is 1. The first-order chi connectivity index (χ1) is 10.2. The van der Waals surface area contributed by atoms with Gasteiger partial charge >= 0.3 is 6.09 Å². The third-order valence-electron chi connectivity index (χ3n) is 2.72. The minimum absolute atomic E-state index is 0.176. The Hall–Kier alpha value is -2.76. The molecule has 0 saturated heterocycles. The van der Waals surface area contributed by atoms with Crippen LogP contribution in [0.3, 0.4) is 0 Å². The van der Waals surface area contributed by atoms with Gasteiger partial charge in [-0.3, -0.25) is 10.3 Å². The van der Waals surface area contributed by atoms with Gasteiger partial charge in [0.05, 0.1) is 19.9 Å². The van der Waals surface area contributed by atoms with Gasteiger partial charge in [-0.1, -0.05) is 0 Å². The molecule has 6 heteroatoms. The van der Waals surface area contributed by atoms with Crippen LogP contribution in [0.4, 0.5) is 10.5 Å². The van der Waals surface area contributed by atoms with E-state index < -0.39 is 6.09 Å². The van der Waals surface area contributed by atoms with E-state index in [1.807, 2.05) is 0 Å². The maximum absolute atomic E-state index is 11.8. The largest absolute Gasteiger partial charge is 0.497 e. The number of pyridine rings is 1. The summed E-state index contributed by atoms with van der Waals surface area (Å²) in [6.45, 7) is 0.176. The van der Waals surface area contributed by atoms with Crippen molar-refractivity contribution in [1.82, 2.24) is 4.98 Å². The third kappa shape index (κ3) is 4.38. The summed E-state index contributed by atoms with van der Waals surface area (Å²) >= 11 is 0. The Balaban J connectivity index is 1.96. The van der Waals surface area contributed by atoms with Gasteiger partial charge in [-0.2, -0.15) is 0 Å². The van der Waals surface area contributed by atoms with Crippen LogP contribution < -0.4 is 14.8 Å². The lowest BCUT2D eigenvalue weighted by atomic mass is 10.3. The average molecular weight is 288 g/mol. The van der Waals surface area contributed by atoms with Gasteiger partial charge in [0.25, 0.3) is 0 Å². The zero-order valence-corrected chi connectivity index (χ0v) is 11.8. The molecule has 21 heavy (non-hydrogen) atoms. The van der Waals surface area contributed by atoms with Gasteiger partial charge in [0.15, 0.2) is 0 Å². The fourth-order valence-corrected chi connectivity index (χ4v) is 1.66. The maximum Gasteiger partial charge on any atom is 0.411 e. The van der Waals surface area contributed by atoms with Gasteiger partial charge < -0.3 is 14.2 Å². The molecule has 0 unspecified atom stereocenters. The topological polar surface area (TPSA) is 69.7 Å². The van der Waals surface area contributed by atoms with Crippen LogP contribution in [-0.2, 0) is 11.3 Å². The highest BCUT2D eigenvalue weighted by Gasteiger charge is 2.07. The number of aromatic nitrogens is 1. The summed E-state index contributed by atoms with van der Waals surface area (Å²) in [7, 11) is 3.08. The first-order valence-corrected chi connectivity index (χ1v) is 6.27. The molecule has 2 rings (SSSR count). The van der Waals surface area contributed by atoms with Crippen molar-refractivity contribution < 1.29 is 19.0 Å². The van der Waals surface area contributed by atoms with Gasteiger partial charge in [-0.25, -0.2) is 4.79 Å². The molecule has 110 valence electrons. The molecule has 1 aromatic heterocycles. The fraction of sp³-hybridized carbons (Fsp3) is 0.200. The second-order valence-corrected chi connectivity index (χ2v) is 4.16. The molecule has 0 fully saturated rings. The monoisotopic (exact) mass is 288 g/mol. The van der Waals surface area contributed by atoms with Gasteiger partial charge in [0.2, 0.25) is 0 Å². The lowest BCUT2D eigenvalue weighted by molar-refractivity contribution is 0.155. The number of nitrogens with zero attached hydrogens (tertiary/aromatic N) is 1. The average Bonchev–Trinajstić information content (AvgIpc) is 2.53. The SMILES string of the molecule is COc1cc(NC(=O)OCc2ccncc2)cc(OC)c1. The van der Waals surface area contributed by atoms with Crippen LogP contribution in [0.15, 0.2) is 42.7 Å². The van der Waals surface area contributed by atoms with Gasteiger partial charge in [0, 0.05) is 30.6 Å². The Morgan fingerprint density at radius 2 is 1.71 bits per heavy atom. The van der Waals surface area contributed by atoms with E-state index in [2.05, 4.69) is 10.3 Å². The Morgan fingerprint density at radius 3 is 2.29 bits per heavy atom. The van der Waals surface area contributed by atoms with Gasteiger partial charge in [0.1, 0.15) is 18.1 Å². The molecular formula is C15H16N2O4. The zero-order chi connectivity index (χ0) is 15.1. The number of anilines is 1. The highest BCUT2D eigenvalue weighted by molar-refractivity contribution is 5.85. The molecule has 1 N–H and O–H groups in total. The highest BCUT2D eigenvalue weighted by Crippen LogP contribution is 2.25. The van der Waals surface area contributed by atoms with E-state index in [0.29, 0.717) is 17.2 Å². The summed E-state index contributed by atoms with van der Waals surface area (Å²) in [6.07, 6.45) is 2.73. The van der Waals surface area contributed by atoms with Crippen LogP contribution in [0.1, 0.15) is 5.56 Å². The van der Waals surface area contributed by atoms with Crippen molar-refractivity contribution in [3.63, 3.8) is 0 Å². The van der Waals surface area contributed by atoms with Crippen LogP contribution in [-0.4, -0.2) is 25.3 Å². The zero-order valence-electron chi connectivity index (χ0n) is 11.8. The molecule has 0 saturated carbocycles. The molecule has 2 aromatic rings. The van der Waals surface area contributed by atoms with Crippen molar-refractivity contribution in [3.05, 3.63) is 48.3 Å². The summed E-state index contributed by atoms with van der Waals surface area (Å²) in [5.74, 6) is 1.16. The number of rotatable bonds is 5. The number of amides is 1. The number of hydrogen-bond acceptors (Lipinski definition) is 5. The second-order valence-electron chi connectivity index (χ2n) is 4.16. The molecule has 1 amide bonds. The summed E-state index contributed by atoms with van der Waals surface area (Å²) in [4.78, 5) is 15.6. The first kappa shape index (κ1) is 14.6. The molecule has 0 aliphatic rings. The van der Waals surface area contributed by atoms with Crippen molar-refractivity contribution in [3.8, 4) is 11.5 Å². The van der Waals surface area contributed by atoms with Crippen molar-refractivity contribution in [2.24, 2.45) is 0 Å². The maximum atomic E-state index is 11.8. The highest BCUT2D eigenvalue weighted by atomic mass is 16.5. The van der Waals surface area contributed by atoms with Crippen molar-refractivity contribution in [2.75, 3.05) is 19.5 Å². The molecule has 0 atom stereocenters. The quantitative estimate of drug-likeness (QED) is 0.916. The van der Waals surface area contributed by atoms with Gasteiger partial charge in [-0.15, -0.1) is 0 Å². The van der Waals surface area contributed by atoms with Crippen LogP contribution >= 0.6 is 0 Å². The van der Waals surface area contributed by atoms with Crippen molar-refractivity contribution >= 4 is 11.8 Å². The molecule has 0 radical (unpaired) electrons. The Morgan fingerprint density at radius 1 is 1.10 bits per heavy atom. The summed E-state index contributed by atoms with van der Waals surface area (Å²) in [5.41, 5.74) is 1.40. The van der Waals surface area contributed by atoms with E-state index in [4.69, 9.17) is 14.2 Å². The van der Waals surface area contributed by atoms with E-state index >= 15 is 0 Å². The molecule has 6 nitrogen and oxygen atoms in total. The van der Waals surface area contributed by atoms with E-state index in [0.717, 1.165) is 5.56 Å². The second kappa shape index (κ2) is 7.14. The van der Waals surface area contributed by atoms with E-state index in [1.54, 1.807) is 56.9 Å². The molecule has 0 aliphatic carbocycles. The minimum Gasteiger partial charge on any atom is -0.497 e. The van der Waals surface area contributed by atoms with Crippen molar-refractivity contribution in [2.45, 2.75) is 6.61 Å². The smallest absolute Gasteiger partial charge is 0.411 e. The molecule has 1 aromatic carbocycles. The number of methoxy groups -OCH3 is 2. The summed E-state index contributed by atoms with van der Waals surface area (Å²) < 4.78 is 15.4. The predicted molar refractivity (Wildman–Crippen MR) is 77.6 cm³/mol. The Labute approximate surface area is 122 Å². The molecule has 0 bridgehead atoms. The lowest BCUT2D eigenvalue weighted by Gasteiger charge is -2.10. The number of ether oxygens (including phenoxy) is 3. The predicted octanol–water partition coefficient (Wildman–Crippen LogP) is 2.85. The number of hydrogen-bond donors (Lipinski definition) is 1. The van der Waals surface area contributed by atoms with Gasteiger partial charge in [-0.05, 0) is 17.7 Å². The number of carbonyl (C=O) groups excluding carboxylic acids is 1. The standard InChI is InChI=1S/C15H16N2O4/c1-19-13-7-12(8-14(9-13)20-2)17-15(18)21-10-11-3-5-16-6-4-11/h3-9H,10H2,1-2H3,(H,17,18). The van der Waals surface area contributed by atoms with E-state index in [1.165, 1.54) is 0 Å². The van der Waals surface area contributed by atoms with E-state index in [9.17, 15) is 4.79 Å². The minimum atomic E-state index is -0.554. The number of nitrogens with one attached hydrogen (secondary N) is 1. The molecule has 0 aliphatic heterocycles. The van der Waals surface area contributed by atoms with E-state index in [-0.39, 0.29) is 6.61 Å². The van der Waals surface area contributed by atoms with Crippen LogP contribution in [0, 0.1) is 0 Å².